The summed E-state index contributed by atoms with van der Waals surface area (Å²) in [5, 5.41) is 8.39. The Hall–Kier alpha value is -4.79. The first-order valence-corrected chi connectivity index (χ1v) is 18.6. The van der Waals surface area contributed by atoms with Gasteiger partial charge in [-0.3, -0.25) is 0 Å². The fraction of sp³-hybridized carbons (Fsp3) is 0. The van der Waals surface area contributed by atoms with Gasteiger partial charge in [-0.15, -0.1) is 0 Å². The molecular weight excluding hydrogens is 909 g/mol. The van der Waals surface area contributed by atoms with Gasteiger partial charge in [0, 0.05) is 0 Å². The third-order valence-electron chi connectivity index (χ3n) is 7.01. The van der Waals surface area contributed by atoms with E-state index in [1.54, 1.807) is 24.3 Å². The number of benzene rings is 7. The molecule has 0 aliphatic rings. The van der Waals surface area contributed by atoms with Crippen LogP contribution in [0.1, 0.15) is 0 Å². The van der Waals surface area contributed by atoms with E-state index in [1.165, 1.54) is 31.8 Å². The summed E-state index contributed by atoms with van der Waals surface area (Å²) in [6, 6.07) is 71.4. The predicted molar refractivity (Wildman–Crippen MR) is 220 cm³/mol. The van der Waals surface area contributed by atoms with Gasteiger partial charge in [-0.05, 0) is 47.7 Å². The molecule has 280 valence electrons. The summed E-state index contributed by atoms with van der Waals surface area (Å²) in [4.78, 5) is 0. The van der Waals surface area contributed by atoms with E-state index in [9.17, 15) is 0 Å². The SMILES string of the molecule is [C-]#[O+].[C-]#[O+].[C-]#[O+].[C-]#[O+].[NH-]c1ccccc1[NH-].[Ru+].[Ru+].c1ccc(P(c2ccccc2)c2ccccc2)cc1.c1ccc(P(c2ccccc2)c2ccccc2)cc1. The Labute approximate surface area is 358 Å². The molecule has 0 aromatic heterocycles. The molecule has 6 nitrogen and oxygen atoms in total. The van der Waals surface area contributed by atoms with Crippen LogP contribution >= 0.6 is 15.8 Å². The Morgan fingerprint density at radius 3 is 0.500 bits per heavy atom. The predicted octanol–water partition coefficient (Wildman–Crippen LogP) is 9.79. The van der Waals surface area contributed by atoms with E-state index in [4.69, 9.17) is 30.1 Å². The Bertz CT molecular complexity index is 1710. The Kier molecular flexibility index (Phi) is 33.0. The molecule has 0 aliphatic heterocycles. The van der Waals surface area contributed by atoms with Crippen LogP contribution in [-0.2, 0) is 57.6 Å². The van der Waals surface area contributed by atoms with Gasteiger partial charge in [0.05, 0.1) is 0 Å². The summed E-state index contributed by atoms with van der Waals surface area (Å²) < 4.78 is 30.0. The van der Waals surface area contributed by atoms with Crippen LogP contribution in [0.3, 0.4) is 0 Å². The van der Waals surface area contributed by atoms with Gasteiger partial charge >= 0.3 is 84.2 Å². The molecular formula is C46H36N2O4P2Ru2. The largest absolute Gasteiger partial charge is 1.00 e. The summed E-state index contributed by atoms with van der Waals surface area (Å²) in [6.07, 6.45) is 0. The van der Waals surface area contributed by atoms with E-state index in [2.05, 4.69) is 209 Å². The van der Waals surface area contributed by atoms with E-state index in [-0.39, 0.29) is 50.3 Å². The first-order valence-electron chi connectivity index (χ1n) is 15.9. The van der Waals surface area contributed by atoms with Crippen LogP contribution in [0.25, 0.3) is 11.5 Å². The molecule has 10 heteroatoms. The third kappa shape index (κ3) is 18.7. The van der Waals surface area contributed by atoms with Crippen molar-refractivity contribution in [3.8, 4) is 0 Å². The van der Waals surface area contributed by atoms with Gasteiger partial charge in [-0.2, -0.15) is 11.4 Å². The summed E-state index contributed by atoms with van der Waals surface area (Å²) in [7, 11) is -0.892. The zero-order valence-corrected chi connectivity index (χ0v) is 35.1. The normalized spacial score (nSPS) is 8.61. The molecule has 0 atom stereocenters. The molecule has 0 fully saturated rings. The van der Waals surface area contributed by atoms with Crippen molar-refractivity contribution in [1.29, 1.82) is 0 Å². The summed E-state index contributed by atoms with van der Waals surface area (Å²) in [5.41, 5.74) is 14.6. The second-order valence-electron chi connectivity index (χ2n) is 10.2. The molecule has 7 aromatic rings. The quantitative estimate of drug-likeness (QED) is 0.0682. The van der Waals surface area contributed by atoms with E-state index in [1.807, 2.05) is 0 Å². The molecule has 0 spiro atoms. The number of rotatable bonds is 6. The fourth-order valence-corrected chi connectivity index (χ4v) is 9.45. The topological polar surface area (TPSA) is 127 Å². The van der Waals surface area contributed by atoms with E-state index in [0.29, 0.717) is 0 Å². The number of hydrogen-bond acceptors (Lipinski definition) is 0. The van der Waals surface area contributed by atoms with Crippen LogP contribution in [0.2, 0.25) is 0 Å². The van der Waals surface area contributed by atoms with Crippen molar-refractivity contribution in [3.05, 3.63) is 244 Å². The Morgan fingerprint density at radius 2 is 0.375 bits per heavy atom. The zero-order valence-electron chi connectivity index (χ0n) is 29.9. The van der Waals surface area contributed by atoms with Crippen molar-refractivity contribution < 1.29 is 57.6 Å². The first-order chi connectivity index (χ1) is 26.7. The first kappa shape index (κ1) is 53.3. The van der Waals surface area contributed by atoms with E-state index >= 15 is 0 Å². The van der Waals surface area contributed by atoms with Gasteiger partial charge in [-0.25, -0.2) is 0 Å². The van der Waals surface area contributed by atoms with Gasteiger partial charge in [-0.1, -0.05) is 206 Å². The van der Waals surface area contributed by atoms with Gasteiger partial charge in [0.1, 0.15) is 0 Å². The molecule has 0 aliphatic carbocycles. The zero-order chi connectivity index (χ0) is 39.8. The second kappa shape index (κ2) is 34.7. The molecule has 0 heterocycles. The van der Waals surface area contributed by atoms with Gasteiger partial charge < -0.3 is 11.5 Å². The summed E-state index contributed by atoms with van der Waals surface area (Å²) in [6.45, 7) is 18.0. The number of nitrogens with one attached hydrogen (secondary N) is 2. The van der Waals surface area contributed by atoms with E-state index < -0.39 is 15.8 Å². The fourth-order valence-electron chi connectivity index (χ4n) is 4.84. The van der Waals surface area contributed by atoms with Crippen LogP contribution in [0.4, 0.5) is 11.4 Å². The monoisotopic (exact) mass is 946 g/mol. The minimum absolute atomic E-state index is 0. The van der Waals surface area contributed by atoms with Crippen molar-refractivity contribution in [2.75, 3.05) is 0 Å². The van der Waals surface area contributed by atoms with E-state index in [0.717, 1.165) is 0 Å². The molecule has 2 N–H and O–H groups in total. The van der Waals surface area contributed by atoms with Crippen molar-refractivity contribution in [2.45, 2.75) is 0 Å². The summed E-state index contributed by atoms with van der Waals surface area (Å²) >= 11 is 0. The molecule has 0 saturated heterocycles. The molecule has 7 rings (SSSR count). The van der Waals surface area contributed by atoms with Crippen LogP contribution in [0.5, 0.6) is 0 Å². The van der Waals surface area contributed by atoms with Crippen LogP contribution in [0.15, 0.2) is 206 Å². The van der Waals surface area contributed by atoms with Crippen LogP contribution in [0, 0.1) is 26.6 Å². The molecule has 56 heavy (non-hydrogen) atoms. The molecule has 0 saturated carbocycles. The third-order valence-corrected chi connectivity index (χ3v) is 11.9. The summed E-state index contributed by atoms with van der Waals surface area (Å²) in [5.74, 6) is 0. The van der Waals surface area contributed by atoms with Gasteiger partial charge in [0.2, 0.25) is 0 Å². The van der Waals surface area contributed by atoms with Crippen LogP contribution < -0.4 is 31.8 Å². The van der Waals surface area contributed by atoms with Gasteiger partial charge in [0.25, 0.3) is 0 Å². The average Bonchev–Trinajstić information content (AvgIpc) is 3.28. The maximum absolute atomic E-state index is 7.50. The smallest absolute Gasteiger partial charge is 0.700 e. The standard InChI is InChI=1S/2C18H15P.C6H6N2.4CO.2Ru/c2*1-4-10-16(11-5-1)19(17-12-6-2-7-13-17)18-14-8-3-9-15-18;7-5-3-1-2-4-6(5)8;4*1-2;;/h2*1-15H;1-4,7-8H;;;;;;/q;;-2;;;;;2*+1. The van der Waals surface area contributed by atoms with Crippen LogP contribution in [-0.4, -0.2) is 0 Å². The Balaban J connectivity index is 0. The van der Waals surface area contributed by atoms with Crippen molar-refractivity contribution >= 4 is 59.0 Å². The van der Waals surface area contributed by atoms with Gasteiger partial charge in [0.15, 0.2) is 0 Å². The second-order valence-corrected chi connectivity index (χ2v) is 14.7. The molecule has 0 unspecified atom stereocenters. The Morgan fingerprint density at radius 1 is 0.250 bits per heavy atom. The number of hydrogen-bond donors (Lipinski definition) is 0. The minimum atomic E-state index is -0.446. The molecule has 0 bridgehead atoms. The molecule has 7 aromatic carbocycles. The molecule has 2 radical (unpaired) electrons. The molecule has 0 amide bonds. The maximum atomic E-state index is 7.50. The average molecular weight is 945 g/mol. The van der Waals surface area contributed by atoms with Crippen molar-refractivity contribution in [2.24, 2.45) is 0 Å². The van der Waals surface area contributed by atoms with Crippen molar-refractivity contribution in [1.82, 2.24) is 0 Å². The maximum Gasteiger partial charge on any atom is 1.00 e. The minimum Gasteiger partial charge on any atom is -0.700 e. The van der Waals surface area contributed by atoms with Crippen molar-refractivity contribution in [3.63, 3.8) is 0 Å².